The number of nitrogens with one attached hydrogen (secondary N) is 2. The first kappa shape index (κ1) is 22.8. The van der Waals surface area contributed by atoms with Gasteiger partial charge in [0.1, 0.15) is 17.6 Å². The van der Waals surface area contributed by atoms with Gasteiger partial charge in [-0.15, -0.1) is 24.0 Å². The molecule has 0 heterocycles. The highest BCUT2D eigenvalue weighted by molar-refractivity contribution is 14.0. The number of hydrogen-bond acceptors (Lipinski definition) is 4. The number of halogens is 1. The quantitative estimate of drug-likeness (QED) is 0.326. The second-order valence-electron chi connectivity index (χ2n) is 6.69. The fraction of sp³-hybridized carbons (Fsp3) is 0.632. The summed E-state index contributed by atoms with van der Waals surface area (Å²) < 4.78 is 11.1. The molecule has 0 bridgehead atoms. The summed E-state index contributed by atoms with van der Waals surface area (Å²) in [5, 5.41) is 6.71. The maximum Gasteiger partial charge on any atom is 0.191 e. The van der Waals surface area contributed by atoms with E-state index in [1.165, 1.54) is 12.8 Å². The molecule has 2 atom stereocenters. The zero-order chi connectivity index (χ0) is 18.2. The van der Waals surface area contributed by atoms with Crippen molar-refractivity contribution in [1.29, 1.82) is 0 Å². The third-order valence-corrected chi connectivity index (χ3v) is 4.54. The van der Waals surface area contributed by atoms with Crippen molar-refractivity contribution in [2.24, 2.45) is 4.99 Å². The summed E-state index contributed by atoms with van der Waals surface area (Å²) in [7, 11) is 5.64. The molecule has 1 aliphatic rings. The summed E-state index contributed by atoms with van der Waals surface area (Å²) in [6.07, 6.45) is 2.66. The van der Waals surface area contributed by atoms with Crippen LogP contribution >= 0.6 is 24.0 Å². The van der Waals surface area contributed by atoms with Gasteiger partial charge in [0.05, 0.1) is 13.7 Å². The Balaban J connectivity index is 0.00000338. The van der Waals surface area contributed by atoms with E-state index in [-0.39, 0.29) is 30.1 Å². The van der Waals surface area contributed by atoms with Crippen LogP contribution in [0.15, 0.2) is 29.3 Å². The molecule has 0 aromatic heterocycles. The normalized spacial score (nSPS) is 16.5. The first-order chi connectivity index (χ1) is 12.0. The lowest BCUT2D eigenvalue weighted by molar-refractivity contribution is 0.222. The molecule has 1 aromatic rings. The van der Waals surface area contributed by atoms with Crippen LogP contribution in [0.2, 0.25) is 0 Å². The Bertz CT molecular complexity index is 566. The van der Waals surface area contributed by atoms with Crippen LogP contribution in [0.5, 0.6) is 11.5 Å². The third kappa shape index (κ3) is 7.57. The topological polar surface area (TPSA) is 58.1 Å². The zero-order valence-electron chi connectivity index (χ0n) is 16.5. The summed E-state index contributed by atoms with van der Waals surface area (Å²) in [6.45, 7) is 5.82. The summed E-state index contributed by atoms with van der Waals surface area (Å²) in [5.74, 6) is 2.40. The van der Waals surface area contributed by atoms with Gasteiger partial charge in [0.25, 0.3) is 0 Å². The number of methoxy groups -OCH3 is 1. The summed E-state index contributed by atoms with van der Waals surface area (Å²) in [6, 6.07) is 8.90. The van der Waals surface area contributed by atoms with Gasteiger partial charge >= 0.3 is 0 Å². The first-order valence-corrected chi connectivity index (χ1v) is 9.00. The average molecular weight is 476 g/mol. The first-order valence-electron chi connectivity index (χ1n) is 9.00. The summed E-state index contributed by atoms with van der Waals surface area (Å²) in [4.78, 5) is 6.73. The van der Waals surface area contributed by atoms with E-state index in [9.17, 15) is 0 Å². The number of guanidine groups is 1. The van der Waals surface area contributed by atoms with E-state index in [2.05, 4.69) is 34.5 Å². The van der Waals surface area contributed by atoms with E-state index in [1.54, 1.807) is 14.2 Å². The second-order valence-corrected chi connectivity index (χ2v) is 6.69. The predicted molar refractivity (Wildman–Crippen MR) is 118 cm³/mol. The lowest BCUT2D eigenvalue weighted by atomic mass is 10.3. The van der Waals surface area contributed by atoms with Crippen LogP contribution in [-0.4, -0.2) is 63.3 Å². The molecule has 0 spiro atoms. The molecule has 2 rings (SSSR count). The molecule has 26 heavy (non-hydrogen) atoms. The van der Waals surface area contributed by atoms with E-state index in [0.717, 1.165) is 30.0 Å². The second kappa shape index (κ2) is 11.5. The molecule has 0 aliphatic heterocycles. The third-order valence-electron chi connectivity index (χ3n) is 4.54. The number of likely N-dealkylation sites (N-methyl/N-ethyl adjacent to an activating group) is 1. The lowest BCUT2D eigenvalue weighted by Gasteiger charge is -2.25. The molecule has 1 aromatic carbocycles. The number of rotatable bonds is 9. The number of benzene rings is 1. The molecular formula is C19H33IN4O2. The van der Waals surface area contributed by atoms with Crippen LogP contribution in [0.1, 0.15) is 26.7 Å². The Morgan fingerprint density at radius 1 is 1.23 bits per heavy atom. The van der Waals surface area contributed by atoms with Crippen LogP contribution in [0.25, 0.3) is 0 Å². The highest BCUT2D eigenvalue weighted by atomic mass is 127. The summed E-state index contributed by atoms with van der Waals surface area (Å²) >= 11 is 0. The van der Waals surface area contributed by atoms with Gasteiger partial charge in [-0.25, -0.2) is 0 Å². The molecule has 0 amide bonds. The molecule has 1 fully saturated rings. The molecule has 6 nitrogen and oxygen atoms in total. The SMILES string of the molecule is CN=C(NCC(C)Oc1cccc(OC)c1)NCC(C)N(C)C1CC1.I. The van der Waals surface area contributed by atoms with Gasteiger partial charge in [0.2, 0.25) is 0 Å². The van der Waals surface area contributed by atoms with E-state index in [4.69, 9.17) is 9.47 Å². The largest absolute Gasteiger partial charge is 0.497 e. The van der Waals surface area contributed by atoms with Gasteiger partial charge in [-0.05, 0) is 45.9 Å². The molecule has 7 heteroatoms. The maximum absolute atomic E-state index is 5.92. The Morgan fingerprint density at radius 3 is 2.50 bits per heavy atom. The van der Waals surface area contributed by atoms with Crippen molar-refractivity contribution < 1.29 is 9.47 Å². The minimum absolute atomic E-state index is 0. The van der Waals surface area contributed by atoms with Gasteiger partial charge < -0.3 is 20.1 Å². The average Bonchev–Trinajstić information content (AvgIpc) is 3.46. The maximum atomic E-state index is 5.92. The van der Waals surface area contributed by atoms with Crippen molar-refractivity contribution in [3.05, 3.63) is 24.3 Å². The van der Waals surface area contributed by atoms with Crippen molar-refractivity contribution in [2.45, 2.75) is 44.9 Å². The minimum atomic E-state index is 0. The Morgan fingerprint density at radius 2 is 1.88 bits per heavy atom. The molecule has 1 saturated carbocycles. The molecular weight excluding hydrogens is 443 g/mol. The Labute approximate surface area is 174 Å². The van der Waals surface area contributed by atoms with Crippen LogP contribution in [-0.2, 0) is 0 Å². The smallest absolute Gasteiger partial charge is 0.191 e. The molecule has 0 saturated heterocycles. The molecule has 148 valence electrons. The lowest BCUT2D eigenvalue weighted by Crippen LogP contribution is -2.47. The van der Waals surface area contributed by atoms with Crippen LogP contribution in [0, 0.1) is 0 Å². The minimum Gasteiger partial charge on any atom is -0.497 e. The van der Waals surface area contributed by atoms with Crippen molar-refractivity contribution in [3.63, 3.8) is 0 Å². The Kier molecular flexibility index (Phi) is 10.1. The highest BCUT2D eigenvalue weighted by Crippen LogP contribution is 2.26. The van der Waals surface area contributed by atoms with E-state index < -0.39 is 0 Å². The Hall–Kier alpha value is -1.22. The van der Waals surface area contributed by atoms with Crippen molar-refractivity contribution in [2.75, 3.05) is 34.3 Å². The van der Waals surface area contributed by atoms with Crippen LogP contribution < -0.4 is 20.1 Å². The van der Waals surface area contributed by atoms with Gasteiger partial charge in [-0.3, -0.25) is 9.89 Å². The van der Waals surface area contributed by atoms with Gasteiger partial charge in [-0.2, -0.15) is 0 Å². The van der Waals surface area contributed by atoms with Gasteiger partial charge in [0, 0.05) is 31.7 Å². The van der Waals surface area contributed by atoms with Crippen molar-refractivity contribution >= 4 is 29.9 Å². The number of hydrogen-bond donors (Lipinski definition) is 2. The molecule has 2 N–H and O–H groups in total. The van der Waals surface area contributed by atoms with E-state index in [0.29, 0.717) is 12.6 Å². The van der Waals surface area contributed by atoms with Crippen LogP contribution in [0.4, 0.5) is 0 Å². The monoisotopic (exact) mass is 476 g/mol. The zero-order valence-corrected chi connectivity index (χ0v) is 18.8. The molecule has 2 unspecified atom stereocenters. The summed E-state index contributed by atoms with van der Waals surface area (Å²) in [5.41, 5.74) is 0. The van der Waals surface area contributed by atoms with E-state index >= 15 is 0 Å². The van der Waals surface area contributed by atoms with Crippen LogP contribution in [0.3, 0.4) is 0 Å². The van der Waals surface area contributed by atoms with E-state index in [1.807, 2.05) is 31.2 Å². The van der Waals surface area contributed by atoms with Gasteiger partial charge in [-0.1, -0.05) is 6.07 Å². The number of aliphatic imine (C=N–C) groups is 1. The molecule has 0 radical (unpaired) electrons. The molecule has 1 aliphatic carbocycles. The predicted octanol–water partition coefficient (Wildman–Crippen LogP) is 2.73. The number of nitrogens with zero attached hydrogens (tertiary/aromatic N) is 2. The highest BCUT2D eigenvalue weighted by Gasteiger charge is 2.28. The standard InChI is InChI=1S/C19H32N4O2.HI/c1-14(23(4)16-9-10-16)12-21-19(20-3)22-13-15(2)25-18-8-6-7-17(11-18)24-5;/h6-8,11,14-16H,9-10,12-13H2,1-5H3,(H2,20,21,22);1H. The fourth-order valence-corrected chi connectivity index (χ4v) is 2.64. The van der Waals surface area contributed by atoms with Crippen molar-refractivity contribution in [3.8, 4) is 11.5 Å². The number of ether oxygens (including phenoxy) is 2. The van der Waals surface area contributed by atoms with Crippen molar-refractivity contribution in [1.82, 2.24) is 15.5 Å². The van der Waals surface area contributed by atoms with Gasteiger partial charge in [0.15, 0.2) is 5.96 Å². The fourth-order valence-electron chi connectivity index (χ4n) is 2.64.